The average Bonchev–Trinajstić information content (AvgIpc) is 3.12. The summed E-state index contributed by atoms with van der Waals surface area (Å²) in [5.74, 6) is -0.628. The van der Waals surface area contributed by atoms with Crippen LogP contribution in [0, 0.1) is 6.92 Å². The van der Waals surface area contributed by atoms with Crippen LogP contribution in [0.4, 0.5) is 4.79 Å². The van der Waals surface area contributed by atoms with Gasteiger partial charge < -0.3 is 14.4 Å². The molecule has 1 fully saturated rings. The van der Waals surface area contributed by atoms with Gasteiger partial charge in [0.15, 0.2) is 11.4 Å². The van der Waals surface area contributed by atoms with Gasteiger partial charge in [0.25, 0.3) is 0 Å². The van der Waals surface area contributed by atoms with E-state index in [1.165, 1.54) is 11.5 Å². The van der Waals surface area contributed by atoms with E-state index in [0.29, 0.717) is 36.2 Å². The van der Waals surface area contributed by atoms with Crippen molar-refractivity contribution in [2.24, 2.45) is 0 Å². The molecule has 1 aliphatic heterocycles. The molecule has 34 heavy (non-hydrogen) atoms. The Morgan fingerprint density at radius 3 is 2.53 bits per heavy atom. The number of fused-ring (bicyclic) bond motifs is 1. The van der Waals surface area contributed by atoms with Crippen molar-refractivity contribution in [3.8, 4) is 0 Å². The number of likely N-dealkylation sites (N-methyl/N-ethyl adjacent to an activating group) is 1. The molecule has 4 rings (SSSR count). The maximum absolute atomic E-state index is 12.6. The zero-order valence-corrected chi connectivity index (χ0v) is 19.4. The topological polar surface area (TPSA) is 108 Å². The smallest absolute Gasteiger partial charge is 0.420 e. The number of rotatable bonds is 7. The number of hydrogen-bond donors (Lipinski definition) is 2. The number of carbonyl (C=O) groups is 2. The minimum Gasteiger partial charge on any atom is -0.465 e. The predicted octanol–water partition coefficient (Wildman–Crippen LogP) is 2.74. The summed E-state index contributed by atoms with van der Waals surface area (Å²) in [6.07, 6.45) is -0.819. The third-order valence-corrected chi connectivity index (χ3v) is 6.54. The van der Waals surface area contributed by atoms with Gasteiger partial charge in [-0.2, -0.15) is 0 Å². The molecule has 1 saturated heterocycles. The molecule has 2 N–H and O–H groups in total. The molecule has 1 unspecified atom stereocenters. The lowest BCUT2D eigenvalue weighted by atomic mass is 9.92. The fourth-order valence-electron chi connectivity index (χ4n) is 4.61. The summed E-state index contributed by atoms with van der Waals surface area (Å²) in [7, 11) is 2.04. The van der Waals surface area contributed by atoms with Crippen molar-refractivity contribution in [1.82, 2.24) is 19.7 Å². The van der Waals surface area contributed by atoms with Crippen LogP contribution in [0.1, 0.15) is 34.8 Å². The Bertz CT molecular complexity index is 1270. The molecule has 0 spiro atoms. The molecular weight excluding hydrogens is 436 g/mol. The number of nitrogens with one attached hydrogen (secondary N) is 1. The lowest BCUT2D eigenvalue weighted by Gasteiger charge is -2.47. The van der Waals surface area contributed by atoms with E-state index in [2.05, 4.69) is 22.0 Å². The van der Waals surface area contributed by atoms with Crippen molar-refractivity contribution < 1.29 is 19.1 Å². The fraction of sp³-hybridized carbons (Fsp3) is 0.360. The molecule has 179 valence electrons. The van der Waals surface area contributed by atoms with Crippen LogP contribution in [0.25, 0.3) is 11.1 Å². The van der Waals surface area contributed by atoms with Crippen molar-refractivity contribution in [3.05, 3.63) is 76.6 Å². The molecule has 1 radical (unpaired) electrons. The minimum absolute atomic E-state index is 0.107. The predicted molar refractivity (Wildman–Crippen MR) is 128 cm³/mol. The molecule has 0 aliphatic carbocycles. The van der Waals surface area contributed by atoms with Crippen LogP contribution in [-0.4, -0.2) is 64.6 Å². The van der Waals surface area contributed by atoms with E-state index in [9.17, 15) is 19.5 Å². The van der Waals surface area contributed by atoms with Crippen LogP contribution < -0.4 is 11.1 Å². The van der Waals surface area contributed by atoms with Crippen LogP contribution in [0.5, 0.6) is 0 Å². The summed E-state index contributed by atoms with van der Waals surface area (Å²) in [6.45, 7) is 8.82. The number of ketones is 1. The zero-order chi connectivity index (χ0) is 24.5. The second kappa shape index (κ2) is 9.44. The van der Waals surface area contributed by atoms with Crippen molar-refractivity contribution in [2.45, 2.75) is 25.6 Å². The Balaban J connectivity index is 1.71. The molecule has 1 atom stereocenters. The number of oxazole rings is 1. The molecule has 0 bridgehead atoms. The van der Waals surface area contributed by atoms with Gasteiger partial charge in [-0.3, -0.25) is 19.6 Å². The first-order chi connectivity index (χ1) is 16.2. The number of carbonyl (C=O) groups excluding carboxylic acids is 1. The first-order valence-electron chi connectivity index (χ1n) is 11.2. The van der Waals surface area contributed by atoms with Crippen LogP contribution >= 0.6 is 0 Å². The molecular formula is C25H29N4O5. The molecule has 9 nitrogen and oxygen atoms in total. The van der Waals surface area contributed by atoms with Crippen LogP contribution in [-0.2, 0) is 12.2 Å². The van der Waals surface area contributed by atoms with Gasteiger partial charge in [0.05, 0.1) is 12.1 Å². The maximum atomic E-state index is 12.6. The first-order valence-corrected chi connectivity index (χ1v) is 11.2. The van der Waals surface area contributed by atoms with E-state index in [-0.39, 0.29) is 12.3 Å². The summed E-state index contributed by atoms with van der Waals surface area (Å²) in [6, 6.07) is 12.5. The summed E-state index contributed by atoms with van der Waals surface area (Å²) < 4.78 is 6.89. The third kappa shape index (κ3) is 4.49. The molecule has 1 amide bonds. The second-order valence-electron chi connectivity index (χ2n) is 8.72. The molecule has 2 aromatic carbocycles. The summed E-state index contributed by atoms with van der Waals surface area (Å²) in [5.41, 5.74) is 2.02. The SMILES string of the molecule is [CH2]CC(NC(=O)O)(c1cccc(Cn2c(=O)oc3cc(C(C)=O)ccc32)c1)N1CCN(C)CC1. The van der Waals surface area contributed by atoms with Gasteiger partial charge >= 0.3 is 11.8 Å². The monoisotopic (exact) mass is 465 g/mol. The van der Waals surface area contributed by atoms with Gasteiger partial charge in [-0.05, 0) is 56.6 Å². The standard InChI is InChI=1S/C25H29N4O5/c1-4-25(26-23(31)32,28-12-10-27(3)11-13-28)20-7-5-6-18(14-20)16-29-21-9-8-19(17(2)30)15-22(21)34-24(29)33/h5-9,14-15,26H,1,4,10-13,16H2,2-3H3,(H,31,32). The number of nitrogens with zero attached hydrogens (tertiary/aromatic N) is 3. The third-order valence-electron chi connectivity index (χ3n) is 6.54. The van der Waals surface area contributed by atoms with Gasteiger partial charge in [0.2, 0.25) is 0 Å². The lowest BCUT2D eigenvalue weighted by molar-refractivity contribution is 0.0151. The van der Waals surface area contributed by atoms with Gasteiger partial charge in [-0.1, -0.05) is 24.3 Å². The zero-order valence-electron chi connectivity index (χ0n) is 19.4. The van der Waals surface area contributed by atoms with E-state index < -0.39 is 17.5 Å². The summed E-state index contributed by atoms with van der Waals surface area (Å²) in [5, 5.41) is 12.4. The average molecular weight is 466 g/mol. The minimum atomic E-state index is -1.12. The van der Waals surface area contributed by atoms with E-state index >= 15 is 0 Å². The normalized spacial score (nSPS) is 16.9. The molecule has 2 heterocycles. The van der Waals surface area contributed by atoms with E-state index in [1.807, 2.05) is 31.3 Å². The highest BCUT2D eigenvalue weighted by Gasteiger charge is 2.40. The van der Waals surface area contributed by atoms with E-state index in [0.717, 1.165) is 24.2 Å². The number of Topliss-reactive ketones (excluding diaryl/α,β-unsaturated/α-hetero) is 1. The number of hydrogen-bond acceptors (Lipinski definition) is 6. The quantitative estimate of drug-likeness (QED) is 0.517. The highest BCUT2D eigenvalue weighted by molar-refractivity contribution is 5.96. The molecule has 9 heteroatoms. The van der Waals surface area contributed by atoms with Crippen molar-refractivity contribution in [1.29, 1.82) is 0 Å². The fourth-order valence-corrected chi connectivity index (χ4v) is 4.61. The number of benzene rings is 2. The maximum Gasteiger partial charge on any atom is 0.420 e. The Labute approximate surface area is 197 Å². The van der Waals surface area contributed by atoms with Gasteiger partial charge in [-0.25, -0.2) is 9.59 Å². The van der Waals surface area contributed by atoms with Gasteiger partial charge in [0, 0.05) is 31.7 Å². The molecule has 1 aromatic heterocycles. The highest BCUT2D eigenvalue weighted by Crippen LogP contribution is 2.31. The number of amides is 1. The summed E-state index contributed by atoms with van der Waals surface area (Å²) >= 11 is 0. The number of carboxylic acid groups (broad SMARTS) is 1. The first kappa shape index (κ1) is 23.7. The van der Waals surface area contributed by atoms with E-state index in [4.69, 9.17) is 4.42 Å². The second-order valence-corrected chi connectivity index (χ2v) is 8.72. The molecule has 1 aliphatic rings. The largest absolute Gasteiger partial charge is 0.465 e. The van der Waals surface area contributed by atoms with Crippen molar-refractivity contribution in [2.75, 3.05) is 33.2 Å². The highest BCUT2D eigenvalue weighted by atomic mass is 16.4. The van der Waals surface area contributed by atoms with Crippen LogP contribution in [0.2, 0.25) is 0 Å². The summed E-state index contributed by atoms with van der Waals surface area (Å²) in [4.78, 5) is 40.4. The Morgan fingerprint density at radius 2 is 1.88 bits per heavy atom. The Hall–Kier alpha value is -3.43. The lowest BCUT2D eigenvalue weighted by Crippen LogP contribution is -2.62. The van der Waals surface area contributed by atoms with Crippen molar-refractivity contribution in [3.63, 3.8) is 0 Å². The van der Waals surface area contributed by atoms with Crippen molar-refractivity contribution >= 4 is 23.0 Å². The van der Waals surface area contributed by atoms with Gasteiger partial charge in [0.1, 0.15) is 5.66 Å². The molecule has 3 aromatic rings. The number of aromatic nitrogens is 1. The number of piperazine rings is 1. The Kier molecular flexibility index (Phi) is 6.58. The Morgan fingerprint density at radius 1 is 1.15 bits per heavy atom. The molecule has 0 saturated carbocycles. The van der Waals surface area contributed by atoms with Crippen LogP contribution in [0.15, 0.2) is 51.7 Å². The van der Waals surface area contributed by atoms with Crippen LogP contribution in [0.3, 0.4) is 0 Å². The van der Waals surface area contributed by atoms with Gasteiger partial charge in [-0.15, -0.1) is 0 Å². The van der Waals surface area contributed by atoms with E-state index in [1.54, 1.807) is 18.2 Å².